The molecule has 2 amide bonds. The number of hydrogen-bond donors (Lipinski definition) is 1. The molecule has 0 aliphatic heterocycles. The first-order valence-corrected chi connectivity index (χ1v) is 14.8. The van der Waals surface area contributed by atoms with E-state index in [1.165, 1.54) is 23.1 Å². The van der Waals surface area contributed by atoms with E-state index in [2.05, 4.69) is 5.32 Å². The topological polar surface area (TPSA) is 86.8 Å². The lowest BCUT2D eigenvalue weighted by atomic mass is 10.1. The fraction of sp³-hybridized carbons (Fsp3) is 0.310. The van der Waals surface area contributed by atoms with Crippen LogP contribution in [0, 0.1) is 13.8 Å². The Labute approximate surface area is 240 Å². The maximum absolute atomic E-state index is 13.9. The van der Waals surface area contributed by atoms with E-state index in [1.54, 1.807) is 62.4 Å². The van der Waals surface area contributed by atoms with Crippen molar-refractivity contribution in [1.29, 1.82) is 0 Å². The smallest absolute Gasteiger partial charge is 0.264 e. The molecule has 0 saturated carbocycles. The summed E-state index contributed by atoms with van der Waals surface area (Å²) >= 11 is 12.3. The van der Waals surface area contributed by atoms with Crippen LogP contribution in [0.4, 0.5) is 5.69 Å². The average molecular weight is 591 g/mol. The van der Waals surface area contributed by atoms with E-state index in [1.807, 2.05) is 13.8 Å². The summed E-state index contributed by atoms with van der Waals surface area (Å²) in [6, 6.07) is 17.4. The summed E-state index contributed by atoms with van der Waals surface area (Å²) in [5.41, 5.74) is 2.55. The van der Waals surface area contributed by atoms with Gasteiger partial charge in [-0.2, -0.15) is 0 Å². The SMILES string of the molecule is CCCNC(=O)C(C)N(Cc1ccc(Cl)cc1)C(=O)CN(c1cc(Cl)ccc1C)S(=O)(=O)c1ccc(C)cc1. The summed E-state index contributed by atoms with van der Waals surface area (Å²) in [5.74, 6) is -0.870. The van der Waals surface area contributed by atoms with Crippen molar-refractivity contribution < 1.29 is 18.0 Å². The summed E-state index contributed by atoms with van der Waals surface area (Å²) in [6.07, 6.45) is 0.736. The van der Waals surface area contributed by atoms with Gasteiger partial charge >= 0.3 is 0 Å². The normalized spacial score (nSPS) is 12.1. The Bertz CT molecular complexity index is 1410. The van der Waals surface area contributed by atoms with E-state index in [-0.39, 0.29) is 23.0 Å². The number of amides is 2. The van der Waals surface area contributed by atoms with Crippen molar-refractivity contribution >= 4 is 50.7 Å². The van der Waals surface area contributed by atoms with Gasteiger partial charge in [0, 0.05) is 23.1 Å². The molecule has 0 aliphatic rings. The van der Waals surface area contributed by atoms with Crippen LogP contribution in [-0.4, -0.2) is 44.3 Å². The molecule has 0 heterocycles. The number of rotatable bonds is 11. The zero-order valence-electron chi connectivity index (χ0n) is 22.4. The number of benzene rings is 3. The standard InChI is InChI=1S/C29H33Cl2N3O4S/c1-5-16-32-29(36)22(4)33(18-23-9-12-24(30)13-10-23)28(35)19-34(27-17-25(31)11-8-21(27)3)39(37,38)26-14-6-20(2)7-15-26/h6-15,17,22H,5,16,18-19H2,1-4H3,(H,32,36). The molecule has 0 spiro atoms. The molecular weight excluding hydrogens is 557 g/mol. The van der Waals surface area contributed by atoms with Gasteiger partial charge in [-0.25, -0.2) is 8.42 Å². The zero-order valence-corrected chi connectivity index (χ0v) is 24.8. The van der Waals surface area contributed by atoms with Crippen LogP contribution in [0.25, 0.3) is 0 Å². The number of carbonyl (C=O) groups excluding carboxylic acids is 2. The van der Waals surface area contributed by atoms with Gasteiger partial charge in [0.2, 0.25) is 11.8 Å². The molecule has 0 aromatic heterocycles. The Morgan fingerprint density at radius 1 is 0.923 bits per heavy atom. The predicted octanol–water partition coefficient (Wildman–Crippen LogP) is 5.75. The molecule has 0 bridgehead atoms. The lowest BCUT2D eigenvalue weighted by Gasteiger charge is -2.32. The molecule has 0 radical (unpaired) electrons. The molecule has 10 heteroatoms. The molecule has 39 heavy (non-hydrogen) atoms. The molecule has 208 valence electrons. The van der Waals surface area contributed by atoms with E-state index in [9.17, 15) is 18.0 Å². The summed E-state index contributed by atoms with van der Waals surface area (Å²) < 4.78 is 28.9. The van der Waals surface area contributed by atoms with Crippen molar-refractivity contribution in [1.82, 2.24) is 10.2 Å². The lowest BCUT2D eigenvalue weighted by Crippen LogP contribution is -2.51. The summed E-state index contributed by atoms with van der Waals surface area (Å²) in [6.45, 7) is 7.19. The fourth-order valence-corrected chi connectivity index (χ4v) is 5.73. The minimum atomic E-state index is -4.17. The van der Waals surface area contributed by atoms with Crippen molar-refractivity contribution in [2.24, 2.45) is 0 Å². The summed E-state index contributed by atoms with van der Waals surface area (Å²) in [4.78, 5) is 28.3. The van der Waals surface area contributed by atoms with Crippen molar-refractivity contribution in [3.63, 3.8) is 0 Å². The van der Waals surface area contributed by atoms with E-state index >= 15 is 0 Å². The molecule has 7 nitrogen and oxygen atoms in total. The number of nitrogens with zero attached hydrogens (tertiary/aromatic N) is 2. The van der Waals surface area contributed by atoms with Crippen LogP contribution in [0.2, 0.25) is 10.0 Å². The number of aryl methyl sites for hydroxylation is 2. The van der Waals surface area contributed by atoms with Gasteiger partial charge in [0.25, 0.3) is 10.0 Å². The molecule has 3 aromatic rings. The van der Waals surface area contributed by atoms with Gasteiger partial charge in [0.1, 0.15) is 12.6 Å². The Morgan fingerprint density at radius 2 is 1.54 bits per heavy atom. The highest BCUT2D eigenvalue weighted by atomic mass is 35.5. The Hall–Kier alpha value is -3.07. The van der Waals surface area contributed by atoms with Crippen LogP contribution in [-0.2, 0) is 26.2 Å². The highest BCUT2D eigenvalue weighted by Gasteiger charge is 2.33. The Morgan fingerprint density at radius 3 is 2.15 bits per heavy atom. The third-order valence-electron chi connectivity index (χ3n) is 6.31. The number of anilines is 1. The first kappa shape index (κ1) is 30.5. The van der Waals surface area contributed by atoms with Gasteiger partial charge in [0.15, 0.2) is 0 Å². The molecule has 3 rings (SSSR count). The Balaban J connectivity index is 2.05. The van der Waals surface area contributed by atoms with E-state index in [0.717, 1.165) is 21.9 Å². The maximum atomic E-state index is 13.9. The van der Waals surface area contributed by atoms with E-state index in [0.29, 0.717) is 22.2 Å². The third kappa shape index (κ3) is 7.75. The van der Waals surface area contributed by atoms with Gasteiger partial charge in [-0.3, -0.25) is 13.9 Å². The molecule has 1 unspecified atom stereocenters. The third-order valence-corrected chi connectivity index (χ3v) is 8.57. The van der Waals surface area contributed by atoms with Crippen LogP contribution in [0.3, 0.4) is 0 Å². The number of nitrogens with one attached hydrogen (secondary N) is 1. The van der Waals surface area contributed by atoms with E-state index < -0.39 is 28.5 Å². The van der Waals surface area contributed by atoms with Crippen molar-refractivity contribution in [3.8, 4) is 0 Å². The Kier molecular flexibility index (Phi) is 10.4. The monoisotopic (exact) mass is 589 g/mol. The zero-order chi connectivity index (χ0) is 28.7. The summed E-state index contributed by atoms with van der Waals surface area (Å²) in [5, 5.41) is 3.69. The minimum Gasteiger partial charge on any atom is -0.354 e. The number of hydrogen-bond acceptors (Lipinski definition) is 4. The summed E-state index contributed by atoms with van der Waals surface area (Å²) in [7, 11) is -4.17. The number of sulfonamides is 1. The van der Waals surface area contributed by atoms with Gasteiger partial charge in [-0.15, -0.1) is 0 Å². The highest BCUT2D eigenvalue weighted by Crippen LogP contribution is 2.30. The molecule has 0 fully saturated rings. The van der Waals surface area contributed by atoms with Crippen LogP contribution >= 0.6 is 23.2 Å². The molecule has 0 aliphatic carbocycles. The van der Waals surface area contributed by atoms with Crippen LogP contribution in [0.1, 0.15) is 37.0 Å². The van der Waals surface area contributed by atoms with E-state index in [4.69, 9.17) is 23.2 Å². The second kappa shape index (κ2) is 13.3. The molecule has 0 saturated heterocycles. The number of halogens is 2. The van der Waals surface area contributed by atoms with Gasteiger partial charge < -0.3 is 10.2 Å². The van der Waals surface area contributed by atoms with Gasteiger partial charge in [-0.1, -0.05) is 66.0 Å². The van der Waals surface area contributed by atoms with Gasteiger partial charge in [-0.05, 0) is 74.7 Å². The molecule has 1 N–H and O–H groups in total. The fourth-order valence-electron chi connectivity index (χ4n) is 3.97. The second-order valence-electron chi connectivity index (χ2n) is 9.37. The second-order valence-corrected chi connectivity index (χ2v) is 12.1. The molecule has 1 atom stereocenters. The lowest BCUT2D eigenvalue weighted by molar-refractivity contribution is -0.139. The van der Waals surface area contributed by atoms with Crippen molar-refractivity contribution in [2.45, 2.75) is 51.6 Å². The van der Waals surface area contributed by atoms with Crippen LogP contribution < -0.4 is 9.62 Å². The quantitative estimate of drug-likeness (QED) is 0.308. The average Bonchev–Trinajstić information content (AvgIpc) is 2.91. The first-order valence-electron chi connectivity index (χ1n) is 12.6. The minimum absolute atomic E-state index is 0.0401. The largest absolute Gasteiger partial charge is 0.354 e. The maximum Gasteiger partial charge on any atom is 0.264 e. The van der Waals surface area contributed by atoms with Gasteiger partial charge in [0.05, 0.1) is 10.6 Å². The predicted molar refractivity (Wildman–Crippen MR) is 157 cm³/mol. The van der Waals surface area contributed by atoms with Crippen LogP contribution in [0.5, 0.6) is 0 Å². The number of carbonyl (C=O) groups is 2. The first-order chi connectivity index (χ1) is 18.4. The highest BCUT2D eigenvalue weighted by molar-refractivity contribution is 7.92. The van der Waals surface area contributed by atoms with Crippen molar-refractivity contribution in [2.75, 3.05) is 17.4 Å². The molecule has 3 aromatic carbocycles. The molecular formula is C29H33Cl2N3O4S. The van der Waals surface area contributed by atoms with Crippen molar-refractivity contribution in [3.05, 3.63) is 93.5 Å². The van der Waals surface area contributed by atoms with Crippen LogP contribution in [0.15, 0.2) is 71.6 Å².